The Hall–Kier alpha value is -1.35. The summed E-state index contributed by atoms with van der Waals surface area (Å²) < 4.78 is 5.47. The highest BCUT2D eigenvalue weighted by atomic mass is 16.5. The highest BCUT2D eigenvalue weighted by Crippen LogP contribution is 2.03. The third-order valence-electron chi connectivity index (χ3n) is 2.26. The summed E-state index contributed by atoms with van der Waals surface area (Å²) in [6.45, 7) is 4.98. The average Bonchev–Trinajstić information content (AvgIpc) is 2.34. The second kappa shape index (κ2) is 7.01. The molecule has 1 rings (SSSR count). The van der Waals surface area contributed by atoms with Gasteiger partial charge in [-0.2, -0.15) is 0 Å². The van der Waals surface area contributed by atoms with Crippen LogP contribution in [0.1, 0.15) is 25.8 Å². The molecule has 0 saturated heterocycles. The Morgan fingerprint density at radius 3 is 2.69 bits per heavy atom. The average molecular weight is 221 g/mol. The number of nitrogens with one attached hydrogen (secondary N) is 1. The fraction of sp³-hybridized carbons (Fsp3) is 0.462. The lowest BCUT2D eigenvalue weighted by Crippen LogP contribution is -2.34. The van der Waals surface area contributed by atoms with Crippen LogP contribution in [0, 0.1) is 0 Å². The lowest BCUT2D eigenvalue weighted by Gasteiger charge is -2.12. The van der Waals surface area contributed by atoms with E-state index in [1.54, 1.807) is 6.92 Å². The third-order valence-corrected chi connectivity index (χ3v) is 2.26. The summed E-state index contributed by atoms with van der Waals surface area (Å²) in [5.74, 6) is -0.0437. The molecule has 0 heterocycles. The Morgan fingerprint density at radius 2 is 2.06 bits per heavy atom. The van der Waals surface area contributed by atoms with E-state index < -0.39 is 6.10 Å². The maximum Gasteiger partial charge on any atom is 0.248 e. The van der Waals surface area contributed by atoms with Crippen LogP contribution in [0.3, 0.4) is 0 Å². The number of amides is 1. The fourth-order valence-corrected chi connectivity index (χ4v) is 1.26. The summed E-state index contributed by atoms with van der Waals surface area (Å²) in [5, 5.41) is 2.80. The van der Waals surface area contributed by atoms with E-state index in [4.69, 9.17) is 4.74 Å². The van der Waals surface area contributed by atoms with E-state index in [9.17, 15) is 4.79 Å². The standard InChI is InChI=1S/C13H19NO2/c1-3-9-14-13(15)11(2)16-10-12-7-5-4-6-8-12/h4-8,11H,3,9-10H2,1-2H3,(H,14,15). The zero-order valence-corrected chi connectivity index (χ0v) is 9.90. The van der Waals surface area contributed by atoms with Crippen molar-refractivity contribution in [1.82, 2.24) is 5.32 Å². The summed E-state index contributed by atoms with van der Waals surface area (Å²) in [4.78, 5) is 11.5. The minimum atomic E-state index is -0.397. The molecule has 0 aliphatic rings. The van der Waals surface area contributed by atoms with Gasteiger partial charge in [-0.05, 0) is 18.9 Å². The van der Waals surface area contributed by atoms with Crippen molar-refractivity contribution in [3.63, 3.8) is 0 Å². The van der Waals surface area contributed by atoms with Gasteiger partial charge in [-0.25, -0.2) is 0 Å². The highest BCUT2D eigenvalue weighted by molar-refractivity contribution is 5.80. The molecule has 16 heavy (non-hydrogen) atoms. The first-order valence-electron chi connectivity index (χ1n) is 5.67. The Morgan fingerprint density at radius 1 is 1.38 bits per heavy atom. The SMILES string of the molecule is CCCNC(=O)C(C)OCc1ccccc1. The van der Waals surface area contributed by atoms with Crippen molar-refractivity contribution in [3.8, 4) is 0 Å². The van der Waals surface area contributed by atoms with E-state index in [0.29, 0.717) is 13.2 Å². The Kier molecular flexibility index (Phi) is 5.57. The van der Waals surface area contributed by atoms with Crippen LogP contribution in [-0.4, -0.2) is 18.6 Å². The summed E-state index contributed by atoms with van der Waals surface area (Å²) in [7, 11) is 0. The summed E-state index contributed by atoms with van der Waals surface area (Å²) >= 11 is 0. The Bertz CT molecular complexity index is 311. The van der Waals surface area contributed by atoms with Crippen LogP contribution in [0.25, 0.3) is 0 Å². The van der Waals surface area contributed by atoms with Gasteiger partial charge in [-0.1, -0.05) is 37.3 Å². The van der Waals surface area contributed by atoms with Crippen molar-refractivity contribution in [3.05, 3.63) is 35.9 Å². The molecule has 3 heteroatoms. The Balaban J connectivity index is 2.29. The van der Waals surface area contributed by atoms with Gasteiger partial charge in [0, 0.05) is 6.54 Å². The first kappa shape index (κ1) is 12.7. The molecule has 0 aliphatic heterocycles. The largest absolute Gasteiger partial charge is 0.364 e. The van der Waals surface area contributed by atoms with E-state index in [0.717, 1.165) is 12.0 Å². The molecular formula is C13H19NO2. The monoisotopic (exact) mass is 221 g/mol. The minimum absolute atomic E-state index is 0.0437. The lowest BCUT2D eigenvalue weighted by molar-refractivity contribution is -0.132. The van der Waals surface area contributed by atoms with E-state index >= 15 is 0 Å². The molecule has 0 aromatic heterocycles. The first-order chi connectivity index (χ1) is 7.74. The van der Waals surface area contributed by atoms with Crippen LogP contribution in [-0.2, 0) is 16.1 Å². The molecule has 1 aromatic carbocycles. The fourth-order valence-electron chi connectivity index (χ4n) is 1.26. The van der Waals surface area contributed by atoms with E-state index in [-0.39, 0.29) is 5.91 Å². The van der Waals surface area contributed by atoms with Gasteiger partial charge in [-0.15, -0.1) is 0 Å². The number of ether oxygens (including phenoxy) is 1. The molecular weight excluding hydrogens is 202 g/mol. The molecule has 1 N–H and O–H groups in total. The van der Waals surface area contributed by atoms with Crippen molar-refractivity contribution in [2.45, 2.75) is 33.0 Å². The van der Waals surface area contributed by atoms with Crippen molar-refractivity contribution in [2.75, 3.05) is 6.54 Å². The maximum atomic E-state index is 11.5. The third kappa shape index (κ3) is 4.45. The normalized spacial score (nSPS) is 12.1. The number of benzene rings is 1. The molecule has 0 saturated carbocycles. The molecule has 0 radical (unpaired) electrons. The van der Waals surface area contributed by atoms with Crippen LogP contribution >= 0.6 is 0 Å². The van der Waals surface area contributed by atoms with Gasteiger partial charge >= 0.3 is 0 Å². The van der Waals surface area contributed by atoms with Crippen LogP contribution in [0.2, 0.25) is 0 Å². The van der Waals surface area contributed by atoms with Gasteiger partial charge in [0.1, 0.15) is 6.10 Å². The number of hydrogen-bond donors (Lipinski definition) is 1. The van der Waals surface area contributed by atoms with Crippen molar-refractivity contribution >= 4 is 5.91 Å². The summed E-state index contributed by atoms with van der Waals surface area (Å²) in [6.07, 6.45) is 0.545. The van der Waals surface area contributed by atoms with Gasteiger partial charge in [0.2, 0.25) is 5.91 Å². The van der Waals surface area contributed by atoms with Crippen LogP contribution in [0.4, 0.5) is 0 Å². The number of carbonyl (C=O) groups excluding carboxylic acids is 1. The molecule has 0 spiro atoms. The molecule has 0 aliphatic carbocycles. The number of carbonyl (C=O) groups is 1. The van der Waals surface area contributed by atoms with E-state index in [1.807, 2.05) is 37.3 Å². The Labute approximate surface area is 96.8 Å². The van der Waals surface area contributed by atoms with Gasteiger partial charge < -0.3 is 10.1 Å². The molecule has 0 bridgehead atoms. The second-order valence-electron chi connectivity index (χ2n) is 3.73. The van der Waals surface area contributed by atoms with Crippen LogP contribution in [0.5, 0.6) is 0 Å². The first-order valence-corrected chi connectivity index (χ1v) is 5.67. The lowest BCUT2D eigenvalue weighted by atomic mass is 10.2. The van der Waals surface area contributed by atoms with Gasteiger partial charge in [-0.3, -0.25) is 4.79 Å². The quantitative estimate of drug-likeness (QED) is 0.799. The van der Waals surface area contributed by atoms with Crippen molar-refractivity contribution < 1.29 is 9.53 Å². The van der Waals surface area contributed by atoms with Crippen molar-refractivity contribution in [2.24, 2.45) is 0 Å². The number of hydrogen-bond acceptors (Lipinski definition) is 2. The summed E-state index contributed by atoms with van der Waals surface area (Å²) in [6, 6.07) is 9.84. The van der Waals surface area contributed by atoms with E-state index in [2.05, 4.69) is 5.32 Å². The molecule has 0 fully saturated rings. The molecule has 1 amide bonds. The smallest absolute Gasteiger partial charge is 0.248 e. The topological polar surface area (TPSA) is 38.3 Å². The zero-order chi connectivity index (χ0) is 11.8. The molecule has 1 atom stereocenters. The van der Waals surface area contributed by atoms with Crippen molar-refractivity contribution in [1.29, 1.82) is 0 Å². The van der Waals surface area contributed by atoms with Crippen LogP contribution < -0.4 is 5.32 Å². The molecule has 1 aromatic rings. The predicted molar refractivity (Wildman–Crippen MR) is 64.0 cm³/mol. The maximum absolute atomic E-state index is 11.5. The molecule has 3 nitrogen and oxygen atoms in total. The van der Waals surface area contributed by atoms with E-state index in [1.165, 1.54) is 0 Å². The molecule has 88 valence electrons. The van der Waals surface area contributed by atoms with Crippen LogP contribution in [0.15, 0.2) is 30.3 Å². The minimum Gasteiger partial charge on any atom is -0.364 e. The van der Waals surface area contributed by atoms with Gasteiger partial charge in [0.05, 0.1) is 6.61 Å². The molecule has 1 unspecified atom stereocenters. The van der Waals surface area contributed by atoms with Gasteiger partial charge in [0.25, 0.3) is 0 Å². The summed E-state index contributed by atoms with van der Waals surface area (Å²) in [5.41, 5.74) is 1.08. The highest BCUT2D eigenvalue weighted by Gasteiger charge is 2.11. The predicted octanol–water partition coefficient (Wildman–Crippen LogP) is 2.12. The number of rotatable bonds is 6. The zero-order valence-electron chi connectivity index (χ0n) is 9.90. The second-order valence-corrected chi connectivity index (χ2v) is 3.73. The van der Waals surface area contributed by atoms with Gasteiger partial charge in [0.15, 0.2) is 0 Å².